The normalized spacial score (nSPS) is 11.7. The van der Waals surface area contributed by atoms with Gasteiger partial charge in [-0.25, -0.2) is 0 Å². The van der Waals surface area contributed by atoms with Gasteiger partial charge in [0.15, 0.2) is 0 Å². The number of rotatable bonds is 5. The van der Waals surface area contributed by atoms with E-state index >= 15 is 0 Å². The summed E-state index contributed by atoms with van der Waals surface area (Å²) in [5.41, 5.74) is 1.44. The van der Waals surface area contributed by atoms with Crippen LogP contribution in [0.5, 0.6) is 5.75 Å². The monoisotopic (exact) mass is 251 g/mol. The number of hydrogen-bond acceptors (Lipinski definition) is 3. The summed E-state index contributed by atoms with van der Waals surface area (Å²) in [6, 6.07) is 5.24. The number of benzene rings is 1. The third-order valence-electron chi connectivity index (χ3n) is 2.54. The Bertz CT molecular complexity index is 456. The van der Waals surface area contributed by atoms with E-state index in [9.17, 15) is 9.59 Å². The first-order chi connectivity index (χ1) is 8.43. The van der Waals surface area contributed by atoms with Crippen molar-refractivity contribution in [2.45, 2.75) is 20.3 Å². The fraction of sp³-hybridized carbons (Fsp3) is 0.385. The highest BCUT2D eigenvalue weighted by atomic mass is 16.5. The molecule has 5 nitrogen and oxygen atoms in total. The van der Waals surface area contributed by atoms with Crippen LogP contribution >= 0.6 is 0 Å². The second kappa shape index (κ2) is 6.05. The Morgan fingerprint density at radius 3 is 2.61 bits per heavy atom. The van der Waals surface area contributed by atoms with Crippen LogP contribution < -0.4 is 10.1 Å². The zero-order valence-corrected chi connectivity index (χ0v) is 10.7. The van der Waals surface area contributed by atoms with Crippen LogP contribution in [0.3, 0.4) is 0 Å². The Morgan fingerprint density at radius 2 is 2.11 bits per heavy atom. The summed E-state index contributed by atoms with van der Waals surface area (Å²) in [4.78, 5) is 21.8. The minimum absolute atomic E-state index is 0.181. The van der Waals surface area contributed by atoms with Gasteiger partial charge < -0.3 is 15.2 Å². The number of carbonyl (C=O) groups excluding carboxylic acids is 1. The first kappa shape index (κ1) is 14.0. The molecule has 0 aliphatic heterocycles. The lowest BCUT2D eigenvalue weighted by atomic mass is 10.0. The predicted molar refractivity (Wildman–Crippen MR) is 67.8 cm³/mol. The van der Waals surface area contributed by atoms with Crippen molar-refractivity contribution in [3.05, 3.63) is 23.8 Å². The minimum atomic E-state index is -0.833. The van der Waals surface area contributed by atoms with Gasteiger partial charge in [0.05, 0.1) is 18.7 Å². The highest BCUT2D eigenvalue weighted by Gasteiger charge is 2.13. The largest absolute Gasteiger partial charge is 0.495 e. The van der Waals surface area contributed by atoms with E-state index in [1.807, 2.05) is 0 Å². The Kier molecular flexibility index (Phi) is 4.71. The number of carbonyl (C=O) groups is 2. The first-order valence-electron chi connectivity index (χ1n) is 5.61. The molecule has 0 aromatic heterocycles. The van der Waals surface area contributed by atoms with E-state index in [-0.39, 0.29) is 5.91 Å². The molecule has 1 aromatic rings. The number of carboxylic acids is 1. The SMILES string of the molecule is COc1cc(CC(C)C(=O)O)ccc1NC(C)=O. The number of nitrogens with one attached hydrogen (secondary N) is 1. The molecule has 5 heteroatoms. The van der Waals surface area contributed by atoms with Crippen molar-refractivity contribution in [3.63, 3.8) is 0 Å². The predicted octanol–water partition coefficient (Wildman–Crippen LogP) is 1.92. The van der Waals surface area contributed by atoms with Gasteiger partial charge in [-0.2, -0.15) is 0 Å². The molecule has 1 rings (SSSR count). The smallest absolute Gasteiger partial charge is 0.306 e. The third kappa shape index (κ3) is 3.76. The van der Waals surface area contributed by atoms with E-state index in [4.69, 9.17) is 9.84 Å². The lowest BCUT2D eigenvalue weighted by Gasteiger charge is -2.12. The van der Waals surface area contributed by atoms with Crippen LogP contribution in [0.15, 0.2) is 18.2 Å². The summed E-state index contributed by atoms with van der Waals surface area (Å²) >= 11 is 0. The fourth-order valence-corrected chi connectivity index (χ4v) is 1.60. The molecule has 0 heterocycles. The van der Waals surface area contributed by atoms with Gasteiger partial charge in [-0.1, -0.05) is 13.0 Å². The summed E-state index contributed by atoms with van der Waals surface area (Å²) in [6.07, 6.45) is 0.423. The molecule has 98 valence electrons. The molecule has 0 fully saturated rings. The van der Waals surface area contributed by atoms with Gasteiger partial charge in [-0.05, 0) is 24.1 Å². The highest BCUT2D eigenvalue weighted by Crippen LogP contribution is 2.26. The summed E-state index contributed by atoms with van der Waals surface area (Å²) in [5, 5.41) is 11.5. The Morgan fingerprint density at radius 1 is 1.44 bits per heavy atom. The van der Waals surface area contributed by atoms with Crippen molar-refractivity contribution in [2.75, 3.05) is 12.4 Å². The maximum absolute atomic E-state index is 11.0. The molecule has 0 spiro atoms. The van der Waals surface area contributed by atoms with Crippen LogP contribution in [0.4, 0.5) is 5.69 Å². The molecule has 0 radical (unpaired) electrons. The summed E-state index contributed by atoms with van der Waals surface area (Å²) < 4.78 is 5.17. The van der Waals surface area contributed by atoms with E-state index in [1.165, 1.54) is 14.0 Å². The van der Waals surface area contributed by atoms with E-state index in [2.05, 4.69) is 5.32 Å². The summed E-state index contributed by atoms with van der Waals surface area (Å²) in [6.45, 7) is 3.07. The number of ether oxygens (including phenoxy) is 1. The number of anilines is 1. The van der Waals surface area contributed by atoms with Gasteiger partial charge in [-0.15, -0.1) is 0 Å². The molecule has 0 aliphatic rings. The topological polar surface area (TPSA) is 75.6 Å². The number of methoxy groups -OCH3 is 1. The molecule has 0 bridgehead atoms. The van der Waals surface area contributed by atoms with Crippen molar-refractivity contribution in [3.8, 4) is 5.75 Å². The Labute approximate surface area is 106 Å². The molecular formula is C13H17NO4. The van der Waals surface area contributed by atoms with Crippen LogP contribution in [-0.4, -0.2) is 24.1 Å². The van der Waals surface area contributed by atoms with Crippen LogP contribution in [0.1, 0.15) is 19.4 Å². The minimum Gasteiger partial charge on any atom is -0.495 e. The Hall–Kier alpha value is -2.04. The van der Waals surface area contributed by atoms with Gasteiger partial charge in [0, 0.05) is 6.92 Å². The second-order valence-corrected chi connectivity index (χ2v) is 4.16. The number of carboxylic acid groups (broad SMARTS) is 1. The molecule has 0 saturated heterocycles. The lowest BCUT2D eigenvalue weighted by Crippen LogP contribution is -2.12. The molecule has 0 saturated carbocycles. The van der Waals surface area contributed by atoms with Crippen LogP contribution in [0, 0.1) is 5.92 Å². The standard InChI is InChI=1S/C13H17NO4/c1-8(13(16)17)6-10-4-5-11(14-9(2)15)12(7-10)18-3/h4-5,7-8H,6H2,1-3H3,(H,14,15)(H,16,17). The van der Waals surface area contributed by atoms with Crippen molar-refractivity contribution in [1.82, 2.24) is 0 Å². The summed E-state index contributed by atoms with van der Waals surface area (Å²) in [7, 11) is 1.51. The maximum Gasteiger partial charge on any atom is 0.306 e. The van der Waals surface area contributed by atoms with E-state index < -0.39 is 11.9 Å². The van der Waals surface area contributed by atoms with Crippen LogP contribution in [0.25, 0.3) is 0 Å². The zero-order chi connectivity index (χ0) is 13.7. The molecule has 0 aliphatic carbocycles. The second-order valence-electron chi connectivity index (χ2n) is 4.16. The summed E-state index contributed by atoms with van der Waals surface area (Å²) in [5.74, 6) is -0.943. The molecule has 1 atom stereocenters. The van der Waals surface area contributed by atoms with Crippen LogP contribution in [-0.2, 0) is 16.0 Å². The van der Waals surface area contributed by atoms with E-state index in [0.717, 1.165) is 5.56 Å². The first-order valence-corrected chi connectivity index (χ1v) is 5.61. The average Bonchev–Trinajstić information content (AvgIpc) is 2.30. The zero-order valence-electron chi connectivity index (χ0n) is 10.7. The highest BCUT2D eigenvalue weighted by molar-refractivity contribution is 5.90. The molecule has 1 aromatic carbocycles. The van der Waals surface area contributed by atoms with Crippen molar-refractivity contribution >= 4 is 17.6 Å². The van der Waals surface area contributed by atoms with E-state index in [0.29, 0.717) is 17.9 Å². The van der Waals surface area contributed by atoms with Crippen molar-refractivity contribution in [1.29, 1.82) is 0 Å². The Balaban J connectivity index is 2.91. The fourth-order valence-electron chi connectivity index (χ4n) is 1.60. The van der Waals surface area contributed by atoms with Gasteiger partial charge in [0.2, 0.25) is 5.91 Å². The number of hydrogen-bond donors (Lipinski definition) is 2. The molecule has 2 N–H and O–H groups in total. The maximum atomic E-state index is 11.0. The molecule has 18 heavy (non-hydrogen) atoms. The number of amides is 1. The van der Waals surface area contributed by atoms with Gasteiger partial charge in [-0.3, -0.25) is 9.59 Å². The van der Waals surface area contributed by atoms with Crippen LogP contribution in [0.2, 0.25) is 0 Å². The molecular weight excluding hydrogens is 234 g/mol. The van der Waals surface area contributed by atoms with E-state index in [1.54, 1.807) is 25.1 Å². The van der Waals surface area contributed by atoms with Gasteiger partial charge in [0.1, 0.15) is 5.75 Å². The quantitative estimate of drug-likeness (QED) is 0.838. The van der Waals surface area contributed by atoms with Crippen molar-refractivity contribution < 1.29 is 19.4 Å². The van der Waals surface area contributed by atoms with Crippen molar-refractivity contribution in [2.24, 2.45) is 5.92 Å². The number of aliphatic carboxylic acids is 1. The third-order valence-corrected chi connectivity index (χ3v) is 2.54. The lowest BCUT2D eigenvalue weighted by molar-refractivity contribution is -0.141. The van der Waals surface area contributed by atoms with Gasteiger partial charge in [0.25, 0.3) is 0 Å². The molecule has 1 unspecified atom stereocenters. The van der Waals surface area contributed by atoms with Gasteiger partial charge >= 0.3 is 5.97 Å². The average molecular weight is 251 g/mol. The molecule has 1 amide bonds.